The van der Waals surface area contributed by atoms with Crippen molar-refractivity contribution in [2.24, 2.45) is 0 Å². The van der Waals surface area contributed by atoms with Crippen molar-refractivity contribution in [1.29, 1.82) is 0 Å². The topological polar surface area (TPSA) is 88.2 Å². The lowest BCUT2D eigenvalue weighted by molar-refractivity contribution is -0.136. The van der Waals surface area contributed by atoms with Crippen molar-refractivity contribution in [1.82, 2.24) is 15.1 Å². The molecule has 2 fully saturated rings. The SMILES string of the molecule is [2H]C1([2H])C(=O)NC(=O)C(N2Cc3c(OCc4ccc(CN5CCOCC5)cc4)cccc3C2=O)C1([2H])[2H]. The summed E-state index contributed by atoms with van der Waals surface area (Å²) in [5.41, 5.74) is 2.85. The minimum atomic E-state index is -2.99. The van der Waals surface area contributed by atoms with Crippen LogP contribution >= 0.6 is 0 Å². The van der Waals surface area contributed by atoms with Gasteiger partial charge in [0.15, 0.2) is 0 Å². The molecule has 2 saturated heterocycles. The van der Waals surface area contributed by atoms with Crippen molar-refractivity contribution in [2.75, 3.05) is 26.3 Å². The van der Waals surface area contributed by atoms with Crippen LogP contribution in [-0.2, 0) is 34.0 Å². The number of hydrogen-bond acceptors (Lipinski definition) is 6. The molecule has 2 aromatic rings. The molecule has 1 N–H and O–H groups in total. The van der Waals surface area contributed by atoms with Crippen LogP contribution in [0.2, 0.25) is 0 Å². The summed E-state index contributed by atoms with van der Waals surface area (Å²) in [6.07, 6.45) is -5.91. The number of morpholine rings is 1. The Bertz CT molecular complexity index is 1230. The van der Waals surface area contributed by atoms with Crippen molar-refractivity contribution in [3.05, 3.63) is 64.7 Å². The molecule has 0 aromatic heterocycles. The minimum Gasteiger partial charge on any atom is -0.489 e. The molecule has 8 nitrogen and oxygen atoms in total. The van der Waals surface area contributed by atoms with E-state index >= 15 is 0 Å². The van der Waals surface area contributed by atoms with Gasteiger partial charge in [-0.2, -0.15) is 0 Å². The molecular formula is C25H27N3O5. The molecule has 3 aliphatic heterocycles. The number of amides is 3. The van der Waals surface area contributed by atoms with Crippen LogP contribution in [0.5, 0.6) is 5.75 Å². The summed E-state index contributed by atoms with van der Waals surface area (Å²) in [7, 11) is 0. The van der Waals surface area contributed by atoms with Gasteiger partial charge in [-0.05, 0) is 29.6 Å². The van der Waals surface area contributed by atoms with Gasteiger partial charge in [-0.1, -0.05) is 30.3 Å². The molecule has 0 bridgehead atoms. The number of benzene rings is 2. The van der Waals surface area contributed by atoms with Gasteiger partial charge in [0.05, 0.1) is 19.8 Å². The number of fused-ring (bicyclic) bond motifs is 1. The summed E-state index contributed by atoms with van der Waals surface area (Å²) in [6, 6.07) is 11.1. The van der Waals surface area contributed by atoms with Gasteiger partial charge in [0.25, 0.3) is 5.91 Å². The lowest BCUT2D eigenvalue weighted by atomic mass is 10.0. The van der Waals surface area contributed by atoms with E-state index in [0.29, 0.717) is 11.3 Å². The summed E-state index contributed by atoms with van der Waals surface area (Å²) < 4.78 is 43.7. The Morgan fingerprint density at radius 3 is 2.61 bits per heavy atom. The molecule has 3 aliphatic rings. The van der Waals surface area contributed by atoms with Crippen LogP contribution in [0.25, 0.3) is 0 Å². The lowest BCUT2D eigenvalue weighted by Gasteiger charge is -2.29. The van der Waals surface area contributed by atoms with Crippen LogP contribution in [0.15, 0.2) is 42.5 Å². The van der Waals surface area contributed by atoms with E-state index in [2.05, 4.69) is 4.90 Å². The molecule has 8 heteroatoms. The number of nitrogens with one attached hydrogen (secondary N) is 1. The highest BCUT2D eigenvalue weighted by Gasteiger charge is 2.40. The Hall–Kier alpha value is -3.23. The highest BCUT2D eigenvalue weighted by Crippen LogP contribution is 2.34. The summed E-state index contributed by atoms with van der Waals surface area (Å²) in [5, 5.41) is 1.86. The molecule has 33 heavy (non-hydrogen) atoms. The normalized spacial score (nSPS) is 26.0. The molecule has 1 unspecified atom stereocenters. The number of hydrogen-bond donors (Lipinski definition) is 1. The van der Waals surface area contributed by atoms with Gasteiger partial charge in [-0.3, -0.25) is 24.6 Å². The van der Waals surface area contributed by atoms with Gasteiger partial charge < -0.3 is 14.4 Å². The highest BCUT2D eigenvalue weighted by atomic mass is 16.5. The first-order chi connectivity index (χ1) is 17.6. The Morgan fingerprint density at radius 2 is 1.82 bits per heavy atom. The van der Waals surface area contributed by atoms with E-state index in [1.807, 2.05) is 29.6 Å². The van der Waals surface area contributed by atoms with Gasteiger partial charge in [0, 0.05) is 42.6 Å². The summed E-state index contributed by atoms with van der Waals surface area (Å²) >= 11 is 0. The Kier molecular flexibility index (Phi) is 4.88. The zero-order valence-electron chi connectivity index (χ0n) is 22.0. The third kappa shape index (κ3) is 4.62. The molecule has 5 rings (SSSR count). The van der Waals surface area contributed by atoms with E-state index < -0.39 is 36.5 Å². The van der Waals surface area contributed by atoms with E-state index in [1.54, 1.807) is 18.2 Å². The van der Waals surface area contributed by atoms with Crippen LogP contribution < -0.4 is 10.1 Å². The number of carbonyl (C=O) groups excluding carboxylic acids is 3. The minimum absolute atomic E-state index is 0.148. The van der Waals surface area contributed by atoms with Crippen molar-refractivity contribution < 1.29 is 29.3 Å². The van der Waals surface area contributed by atoms with Crippen LogP contribution in [0.1, 0.15) is 45.3 Å². The van der Waals surface area contributed by atoms with Gasteiger partial charge >= 0.3 is 0 Å². The van der Waals surface area contributed by atoms with Crippen molar-refractivity contribution in [2.45, 2.75) is 38.5 Å². The first kappa shape index (κ1) is 17.3. The molecule has 3 heterocycles. The molecule has 0 saturated carbocycles. The van der Waals surface area contributed by atoms with Gasteiger partial charge in [0.2, 0.25) is 11.8 Å². The maximum absolute atomic E-state index is 13.2. The van der Waals surface area contributed by atoms with E-state index in [0.717, 1.165) is 43.3 Å². The monoisotopic (exact) mass is 453 g/mol. The number of nitrogens with zero attached hydrogens (tertiary/aromatic N) is 2. The molecule has 2 aromatic carbocycles. The van der Waals surface area contributed by atoms with Gasteiger partial charge in [0.1, 0.15) is 18.4 Å². The second-order valence-corrected chi connectivity index (χ2v) is 8.20. The summed E-state index contributed by atoms with van der Waals surface area (Å²) in [4.78, 5) is 40.9. The van der Waals surface area contributed by atoms with Gasteiger partial charge in [-0.15, -0.1) is 0 Å². The molecule has 0 aliphatic carbocycles. The number of imide groups is 1. The summed E-state index contributed by atoms with van der Waals surface area (Å²) in [5.74, 6) is -2.61. The van der Waals surface area contributed by atoms with Crippen molar-refractivity contribution in [3.8, 4) is 5.75 Å². The standard InChI is InChI=1S/C25H27N3O5/c29-23-9-8-21(24(30)26-23)28-15-20-19(25(28)31)2-1-3-22(20)33-16-18-6-4-17(5-7-18)14-27-10-12-32-13-11-27/h1-7,21H,8-16H2,(H,26,29,30)/i8D2,9D2. The highest BCUT2D eigenvalue weighted by molar-refractivity contribution is 6.05. The molecule has 0 radical (unpaired) electrons. The molecule has 3 amide bonds. The maximum Gasteiger partial charge on any atom is 0.255 e. The van der Waals surface area contributed by atoms with Crippen molar-refractivity contribution >= 4 is 17.7 Å². The van der Waals surface area contributed by atoms with Crippen molar-refractivity contribution in [3.63, 3.8) is 0 Å². The van der Waals surface area contributed by atoms with Gasteiger partial charge in [-0.25, -0.2) is 0 Å². The van der Waals surface area contributed by atoms with Crippen LogP contribution in [0, 0.1) is 0 Å². The zero-order valence-corrected chi connectivity index (χ0v) is 18.0. The first-order valence-electron chi connectivity index (χ1n) is 12.9. The first-order valence-corrected chi connectivity index (χ1v) is 10.9. The molecular weight excluding hydrogens is 422 g/mol. The Balaban J connectivity index is 1.29. The zero-order chi connectivity index (χ0) is 26.4. The Morgan fingerprint density at radius 1 is 1.06 bits per heavy atom. The number of rotatable bonds is 6. The van der Waals surface area contributed by atoms with E-state index in [9.17, 15) is 14.4 Å². The van der Waals surface area contributed by atoms with Crippen LogP contribution in [-0.4, -0.2) is 59.9 Å². The number of ether oxygens (including phenoxy) is 2. The average molecular weight is 454 g/mol. The molecule has 1 atom stereocenters. The lowest BCUT2D eigenvalue weighted by Crippen LogP contribution is -2.52. The van der Waals surface area contributed by atoms with Crippen LogP contribution in [0.3, 0.4) is 0 Å². The van der Waals surface area contributed by atoms with Crippen LogP contribution in [0.4, 0.5) is 0 Å². The second kappa shape index (κ2) is 9.33. The van der Waals surface area contributed by atoms with E-state index in [4.69, 9.17) is 15.0 Å². The second-order valence-electron chi connectivity index (χ2n) is 8.20. The van der Waals surface area contributed by atoms with E-state index in [-0.39, 0.29) is 18.7 Å². The number of piperidine rings is 1. The fourth-order valence-electron chi connectivity index (χ4n) is 4.22. The number of carbonyl (C=O) groups is 3. The predicted octanol–water partition coefficient (Wildman–Crippen LogP) is 1.86. The fraction of sp³-hybridized carbons (Fsp3) is 0.400. The smallest absolute Gasteiger partial charge is 0.255 e. The quantitative estimate of drug-likeness (QED) is 0.672. The average Bonchev–Trinajstić information content (AvgIpc) is 3.19. The molecule has 172 valence electrons. The third-order valence-electron chi connectivity index (χ3n) is 6.00. The summed E-state index contributed by atoms with van der Waals surface area (Å²) in [6.45, 7) is 4.24. The Labute approximate surface area is 198 Å². The maximum atomic E-state index is 13.2. The fourth-order valence-corrected chi connectivity index (χ4v) is 4.22. The van der Waals surface area contributed by atoms with E-state index in [1.165, 1.54) is 5.56 Å². The third-order valence-corrected chi connectivity index (χ3v) is 6.00. The molecule has 0 spiro atoms. The predicted molar refractivity (Wildman–Crippen MR) is 119 cm³/mol. The largest absolute Gasteiger partial charge is 0.489 e.